The molecular weight excluding hydrogens is 428 g/mol. The number of aromatic nitrogens is 5. The van der Waals surface area contributed by atoms with Gasteiger partial charge in [-0.25, -0.2) is 9.97 Å². The van der Waals surface area contributed by atoms with E-state index in [0.717, 1.165) is 29.4 Å². The molecule has 0 spiro atoms. The third-order valence-electron chi connectivity index (χ3n) is 4.97. The molecule has 148 valence electrons. The van der Waals surface area contributed by atoms with Crippen molar-refractivity contribution in [3.05, 3.63) is 33.8 Å². The molecule has 0 bridgehead atoms. The highest BCUT2D eigenvalue weighted by Crippen LogP contribution is 2.30. The van der Waals surface area contributed by atoms with E-state index in [1.807, 2.05) is 29.8 Å². The fourth-order valence-electron chi connectivity index (χ4n) is 3.57. The zero-order valence-electron chi connectivity index (χ0n) is 15.6. The van der Waals surface area contributed by atoms with Crippen LogP contribution in [0.25, 0.3) is 22.1 Å². The van der Waals surface area contributed by atoms with Crippen molar-refractivity contribution in [1.82, 2.24) is 24.7 Å². The van der Waals surface area contributed by atoms with Gasteiger partial charge in [-0.3, -0.25) is 4.79 Å². The molecule has 0 aliphatic heterocycles. The number of anilines is 1. The van der Waals surface area contributed by atoms with Gasteiger partial charge >= 0.3 is 0 Å². The molecule has 1 aliphatic carbocycles. The van der Waals surface area contributed by atoms with Crippen LogP contribution in [0.2, 0.25) is 5.02 Å². The summed E-state index contributed by atoms with van der Waals surface area (Å²) in [7, 11) is 1.93. The van der Waals surface area contributed by atoms with Crippen molar-refractivity contribution in [3.63, 3.8) is 0 Å². The number of aryl methyl sites for hydroxylation is 3. The maximum atomic E-state index is 12.3. The minimum absolute atomic E-state index is 0.117. The molecule has 1 aliphatic rings. The largest absolute Gasteiger partial charge is 0.327 e. The number of thiazole rings is 1. The molecule has 10 heteroatoms. The predicted octanol–water partition coefficient (Wildman–Crippen LogP) is 4.24. The monoisotopic (exact) mass is 444 g/mol. The minimum atomic E-state index is -0.117. The maximum Gasteiger partial charge on any atom is 0.236 e. The van der Waals surface area contributed by atoms with Crippen LogP contribution in [0.1, 0.15) is 23.4 Å². The molecule has 7 nitrogen and oxygen atoms in total. The second kappa shape index (κ2) is 7.55. The molecule has 0 atom stereocenters. The van der Waals surface area contributed by atoms with Crippen molar-refractivity contribution < 1.29 is 4.79 Å². The topological polar surface area (TPSA) is 85.6 Å². The summed E-state index contributed by atoms with van der Waals surface area (Å²) < 4.78 is 1.96. The number of nitrogens with one attached hydrogen (secondary N) is 1. The van der Waals surface area contributed by atoms with E-state index in [-0.39, 0.29) is 11.7 Å². The van der Waals surface area contributed by atoms with Gasteiger partial charge in [-0.05, 0) is 43.9 Å². The van der Waals surface area contributed by atoms with E-state index in [1.54, 1.807) is 11.3 Å². The summed E-state index contributed by atoms with van der Waals surface area (Å²) in [5, 5.41) is 14.1. The summed E-state index contributed by atoms with van der Waals surface area (Å²) in [4.78, 5) is 22.8. The molecule has 1 N–H and O–H groups in total. The summed E-state index contributed by atoms with van der Waals surface area (Å²) >= 11 is 8.96. The Hall–Kier alpha value is -2.23. The third kappa shape index (κ3) is 3.58. The molecular formula is C19H17ClN6OS2. The fourth-order valence-corrected chi connectivity index (χ4v) is 5.39. The molecule has 0 saturated carbocycles. The number of carbonyl (C=O) groups is 1. The first-order valence-electron chi connectivity index (χ1n) is 9.28. The average Bonchev–Trinajstić information content (AvgIpc) is 3.24. The Morgan fingerprint density at radius 2 is 2.14 bits per heavy atom. The highest BCUT2D eigenvalue weighted by molar-refractivity contribution is 7.99. The standard InChI is InChI=1S/C19H17ClN6OS2/c1-26-13-7-6-10(20)8-11(13)16-17(26)23-19(25-24-16)28-9-15(27)22-18-21-12-4-2-3-5-14(12)29-18/h6-8H,2-5,9H2,1H3,(H,21,22,27). The Kier molecular flexibility index (Phi) is 4.89. The van der Waals surface area contributed by atoms with Crippen molar-refractivity contribution in [1.29, 1.82) is 0 Å². The number of nitrogens with zero attached hydrogens (tertiary/aromatic N) is 5. The van der Waals surface area contributed by atoms with Crippen LogP contribution in [0, 0.1) is 0 Å². The van der Waals surface area contributed by atoms with Crippen molar-refractivity contribution in [3.8, 4) is 0 Å². The molecule has 1 amide bonds. The first-order valence-corrected chi connectivity index (χ1v) is 11.5. The average molecular weight is 445 g/mol. The molecule has 0 radical (unpaired) electrons. The van der Waals surface area contributed by atoms with Gasteiger partial charge in [-0.2, -0.15) is 0 Å². The summed E-state index contributed by atoms with van der Waals surface area (Å²) in [6.45, 7) is 0. The number of amides is 1. The third-order valence-corrected chi connectivity index (χ3v) is 7.11. The molecule has 5 rings (SSSR count). The molecule has 0 fully saturated rings. The maximum absolute atomic E-state index is 12.3. The highest BCUT2D eigenvalue weighted by atomic mass is 35.5. The van der Waals surface area contributed by atoms with Crippen LogP contribution in [-0.2, 0) is 24.7 Å². The van der Waals surface area contributed by atoms with Gasteiger partial charge in [-0.1, -0.05) is 23.4 Å². The molecule has 0 unspecified atom stereocenters. The Balaban J connectivity index is 1.31. The number of carbonyl (C=O) groups excluding carboxylic acids is 1. The molecule has 29 heavy (non-hydrogen) atoms. The second-order valence-corrected chi connectivity index (χ2v) is 9.38. The zero-order chi connectivity index (χ0) is 20.0. The van der Waals surface area contributed by atoms with Crippen LogP contribution in [0.4, 0.5) is 5.13 Å². The van der Waals surface area contributed by atoms with E-state index in [9.17, 15) is 4.79 Å². The minimum Gasteiger partial charge on any atom is -0.327 e. The molecule has 4 aromatic rings. The van der Waals surface area contributed by atoms with Crippen molar-refractivity contribution >= 4 is 67.8 Å². The number of rotatable bonds is 4. The first-order chi connectivity index (χ1) is 14.1. The number of hydrogen-bond donors (Lipinski definition) is 1. The number of thioether (sulfide) groups is 1. The highest BCUT2D eigenvalue weighted by Gasteiger charge is 2.17. The SMILES string of the molecule is Cn1c2ccc(Cl)cc2c2nnc(SCC(=O)Nc3nc4c(s3)CCCC4)nc21. The lowest BCUT2D eigenvalue weighted by Crippen LogP contribution is -2.14. The Labute approximate surface area is 179 Å². The van der Waals surface area contributed by atoms with Gasteiger partial charge in [0, 0.05) is 22.3 Å². The van der Waals surface area contributed by atoms with Crippen LogP contribution < -0.4 is 5.32 Å². The first kappa shape index (κ1) is 18.8. The van der Waals surface area contributed by atoms with E-state index in [0.29, 0.717) is 26.5 Å². The van der Waals surface area contributed by atoms with Crippen molar-refractivity contribution in [2.24, 2.45) is 7.05 Å². The fraction of sp³-hybridized carbons (Fsp3) is 0.316. The van der Waals surface area contributed by atoms with Crippen LogP contribution in [0.3, 0.4) is 0 Å². The lowest BCUT2D eigenvalue weighted by molar-refractivity contribution is -0.113. The lowest BCUT2D eigenvalue weighted by Gasteiger charge is -2.06. The summed E-state index contributed by atoms with van der Waals surface area (Å²) in [6.07, 6.45) is 4.44. The second-order valence-electron chi connectivity index (χ2n) is 6.92. The molecule has 3 aromatic heterocycles. The number of benzene rings is 1. The normalized spacial score (nSPS) is 13.7. The predicted molar refractivity (Wildman–Crippen MR) is 117 cm³/mol. The van der Waals surface area contributed by atoms with Crippen molar-refractivity contribution in [2.75, 3.05) is 11.1 Å². The van der Waals surface area contributed by atoms with Gasteiger partial charge < -0.3 is 9.88 Å². The van der Waals surface area contributed by atoms with Gasteiger partial charge in [0.15, 0.2) is 10.8 Å². The summed E-state index contributed by atoms with van der Waals surface area (Å²) in [5.74, 6) is 0.0846. The van der Waals surface area contributed by atoms with Crippen LogP contribution in [0.15, 0.2) is 23.4 Å². The van der Waals surface area contributed by atoms with E-state index < -0.39 is 0 Å². The van der Waals surface area contributed by atoms with Crippen molar-refractivity contribution in [2.45, 2.75) is 30.8 Å². The summed E-state index contributed by atoms with van der Waals surface area (Å²) in [5.41, 5.74) is 3.54. The summed E-state index contributed by atoms with van der Waals surface area (Å²) in [6, 6.07) is 5.64. The van der Waals surface area contributed by atoms with Crippen LogP contribution in [0.5, 0.6) is 0 Å². The molecule has 3 heterocycles. The zero-order valence-corrected chi connectivity index (χ0v) is 18.0. The van der Waals surface area contributed by atoms with E-state index in [2.05, 4.69) is 25.5 Å². The van der Waals surface area contributed by atoms with E-state index >= 15 is 0 Å². The molecule has 0 saturated heterocycles. The Bertz CT molecular complexity index is 1230. The van der Waals surface area contributed by atoms with Gasteiger partial charge in [0.2, 0.25) is 11.1 Å². The van der Waals surface area contributed by atoms with Gasteiger partial charge in [-0.15, -0.1) is 21.5 Å². The lowest BCUT2D eigenvalue weighted by atomic mass is 10.0. The van der Waals surface area contributed by atoms with Gasteiger partial charge in [0.25, 0.3) is 0 Å². The number of fused-ring (bicyclic) bond motifs is 4. The quantitative estimate of drug-likeness (QED) is 0.474. The van der Waals surface area contributed by atoms with Crippen LogP contribution in [-0.4, -0.2) is 36.4 Å². The number of halogens is 1. The van der Waals surface area contributed by atoms with Gasteiger partial charge in [0.1, 0.15) is 5.52 Å². The van der Waals surface area contributed by atoms with E-state index in [4.69, 9.17) is 11.6 Å². The Morgan fingerprint density at radius 1 is 1.28 bits per heavy atom. The van der Waals surface area contributed by atoms with Gasteiger partial charge in [0.05, 0.1) is 17.0 Å². The number of hydrogen-bond acceptors (Lipinski definition) is 7. The van der Waals surface area contributed by atoms with E-state index in [1.165, 1.54) is 29.5 Å². The Morgan fingerprint density at radius 3 is 3.00 bits per heavy atom. The molecule has 1 aromatic carbocycles. The smallest absolute Gasteiger partial charge is 0.236 e. The van der Waals surface area contributed by atoms with Crippen LogP contribution >= 0.6 is 34.7 Å².